The highest BCUT2D eigenvalue weighted by molar-refractivity contribution is 5.19. The summed E-state index contributed by atoms with van der Waals surface area (Å²) in [6.07, 6.45) is 0. The van der Waals surface area contributed by atoms with Crippen LogP contribution < -0.4 is 5.32 Å². The van der Waals surface area contributed by atoms with E-state index < -0.39 is 0 Å². The van der Waals surface area contributed by atoms with Crippen molar-refractivity contribution in [2.24, 2.45) is 0 Å². The van der Waals surface area contributed by atoms with Crippen LogP contribution >= 0.6 is 0 Å². The van der Waals surface area contributed by atoms with Crippen molar-refractivity contribution in [1.29, 1.82) is 0 Å². The number of aliphatic hydroxyl groups excluding tert-OH is 1. The molecule has 0 aromatic heterocycles. The van der Waals surface area contributed by atoms with Gasteiger partial charge in [-0.05, 0) is 5.56 Å². The molecule has 2 heteroatoms. The normalized spacial score (nSPS) is 13.1. The van der Waals surface area contributed by atoms with Gasteiger partial charge in [-0.1, -0.05) is 44.2 Å². The second kappa shape index (κ2) is 5.78. The first-order chi connectivity index (χ1) is 6.74. The predicted octanol–water partition coefficient (Wildman–Crippen LogP) is 1.76. The van der Waals surface area contributed by atoms with Gasteiger partial charge in [-0.3, -0.25) is 0 Å². The highest BCUT2D eigenvalue weighted by Gasteiger charge is 2.09. The smallest absolute Gasteiger partial charge is 0.0511 e. The zero-order chi connectivity index (χ0) is 10.4. The molecule has 1 atom stereocenters. The Morgan fingerprint density at radius 2 is 1.86 bits per heavy atom. The van der Waals surface area contributed by atoms with Gasteiger partial charge >= 0.3 is 0 Å². The van der Waals surface area contributed by atoms with Crippen LogP contribution in [0.15, 0.2) is 30.3 Å². The first-order valence-corrected chi connectivity index (χ1v) is 5.13. The Kier molecular flexibility index (Phi) is 4.63. The summed E-state index contributed by atoms with van der Waals surface area (Å²) in [5, 5.41) is 12.6. The molecule has 0 fully saturated rings. The van der Waals surface area contributed by atoms with Gasteiger partial charge in [-0.2, -0.15) is 0 Å². The highest BCUT2D eigenvalue weighted by atomic mass is 16.3. The average Bonchev–Trinajstić information content (AvgIpc) is 2.20. The topological polar surface area (TPSA) is 32.3 Å². The summed E-state index contributed by atoms with van der Waals surface area (Å²) in [6.45, 7) is 5.25. The first-order valence-electron chi connectivity index (χ1n) is 5.13. The molecule has 78 valence electrons. The summed E-state index contributed by atoms with van der Waals surface area (Å²) in [5.74, 6) is 0.207. The fourth-order valence-corrected chi connectivity index (χ4v) is 1.39. The molecule has 0 heterocycles. The Hall–Kier alpha value is -0.860. The van der Waals surface area contributed by atoms with E-state index in [1.807, 2.05) is 18.2 Å². The van der Waals surface area contributed by atoms with Gasteiger partial charge < -0.3 is 10.4 Å². The molecule has 0 aliphatic carbocycles. The van der Waals surface area contributed by atoms with Gasteiger partial charge in [0.2, 0.25) is 0 Å². The quantitative estimate of drug-likeness (QED) is 0.747. The summed E-state index contributed by atoms with van der Waals surface area (Å²) in [4.78, 5) is 0. The van der Waals surface area contributed by atoms with Crippen molar-refractivity contribution < 1.29 is 5.11 Å². The second-order valence-corrected chi connectivity index (χ2v) is 3.85. The molecule has 0 aliphatic rings. The minimum Gasteiger partial charge on any atom is -0.396 e. The molecule has 0 saturated carbocycles. The van der Waals surface area contributed by atoms with Gasteiger partial charge in [-0.25, -0.2) is 0 Å². The lowest BCUT2D eigenvalue weighted by Gasteiger charge is -2.17. The number of hydrogen-bond donors (Lipinski definition) is 2. The molecule has 2 N–H and O–H groups in total. The van der Waals surface area contributed by atoms with Crippen LogP contribution in [0.5, 0.6) is 0 Å². The van der Waals surface area contributed by atoms with Crippen molar-refractivity contribution in [2.45, 2.75) is 25.8 Å². The Bertz CT molecular complexity index is 246. The maximum Gasteiger partial charge on any atom is 0.0511 e. The molecular weight excluding hydrogens is 174 g/mol. The number of hydrogen-bond acceptors (Lipinski definition) is 2. The second-order valence-electron chi connectivity index (χ2n) is 3.85. The Balaban J connectivity index is 2.54. The van der Waals surface area contributed by atoms with Gasteiger partial charge in [0.25, 0.3) is 0 Å². The molecule has 1 aromatic carbocycles. The Labute approximate surface area is 86.0 Å². The average molecular weight is 193 g/mol. The van der Waals surface area contributed by atoms with E-state index in [1.54, 1.807) is 0 Å². The van der Waals surface area contributed by atoms with Crippen LogP contribution in [0.2, 0.25) is 0 Å². The molecule has 1 rings (SSSR count). The molecule has 0 amide bonds. The lowest BCUT2D eigenvalue weighted by molar-refractivity contribution is 0.259. The number of benzene rings is 1. The third-order valence-electron chi connectivity index (χ3n) is 2.26. The van der Waals surface area contributed by atoms with E-state index in [9.17, 15) is 5.11 Å². The van der Waals surface area contributed by atoms with Gasteiger partial charge in [0.05, 0.1) is 6.61 Å². The zero-order valence-electron chi connectivity index (χ0n) is 8.90. The van der Waals surface area contributed by atoms with E-state index in [2.05, 4.69) is 31.3 Å². The van der Waals surface area contributed by atoms with Crippen LogP contribution in [0.1, 0.15) is 25.3 Å². The first kappa shape index (κ1) is 11.2. The summed E-state index contributed by atoms with van der Waals surface area (Å²) in [5.41, 5.74) is 1.20. The van der Waals surface area contributed by atoms with Gasteiger partial charge in [0, 0.05) is 18.5 Å². The van der Waals surface area contributed by atoms with Crippen LogP contribution in [0.3, 0.4) is 0 Å². The fourth-order valence-electron chi connectivity index (χ4n) is 1.39. The number of nitrogens with one attached hydrogen (secondary N) is 1. The molecule has 14 heavy (non-hydrogen) atoms. The number of aliphatic hydroxyl groups is 1. The van der Waals surface area contributed by atoms with Gasteiger partial charge in [-0.15, -0.1) is 0 Å². The molecule has 0 spiro atoms. The van der Waals surface area contributed by atoms with Crippen LogP contribution in [-0.2, 0) is 0 Å². The molecule has 2 nitrogen and oxygen atoms in total. The van der Waals surface area contributed by atoms with Crippen molar-refractivity contribution in [3.05, 3.63) is 35.9 Å². The van der Waals surface area contributed by atoms with E-state index in [0.717, 1.165) is 6.54 Å². The lowest BCUT2D eigenvalue weighted by Crippen LogP contribution is -2.29. The van der Waals surface area contributed by atoms with Crippen LogP contribution in [0, 0.1) is 0 Å². The van der Waals surface area contributed by atoms with E-state index >= 15 is 0 Å². The summed E-state index contributed by atoms with van der Waals surface area (Å²) in [6, 6.07) is 10.6. The Morgan fingerprint density at radius 3 is 2.36 bits per heavy atom. The molecular formula is C12H19NO. The highest BCUT2D eigenvalue weighted by Crippen LogP contribution is 2.13. The third-order valence-corrected chi connectivity index (χ3v) is 2.26. The monoisotopic (exact) mass is 193 g/mol. The van der Waals surface area contributed by atoms with Gasteiger partial charge in [0.15, 0.2) is 0 Å². The van der Waals surface area contributed by atoms with Crippen LogP contribution in [0.25, 0.3) is 0 Å². The van der Waals surface area contributed by atoms with Crippen LogP contribution in [-0.4, -0.2) is 24.3 Å². The maximum atomic E-state index is 9.25. The lowest BCUT2D eigenvalue weighted by atomic mass is 10.00. The van der Waals surface area contributed by atoms with E-state index in [0.29, 0.717) is 6.04 Å². The Morgan fingerprint density at radius 1 is 1.21 bits per heavy atom. The predicted molar refractivity (Wildman–Crippen MR) is 59.4 cm³/mol. The maximum absolute atomic E-state index is 9.25. The SMILES string of the molecule is CC(C)NCC(CO)c1ccccc1. The zero-order valence-corrected chi connectivity index (χ0v) is 8.90. The van der Waals surface area contributed by atoms with Crippen LogP contribution in [0.4, 0.5) is 0 Å². The molecule has 0 saturated heterocycles. The van der Waals surface area contributed by atoms with E-state index in [-0.39, 0.29) is 12.5 Å². The summed E-state index contributed by atoms with van der Waals surface area (Å²) >= 11 is 0. The summed E-state index contributed by atoms with van der Waals surface area (Å²) in [7, 11) is 0. The third kappa shape index (κ3) is 3.48. The van der Waals surface area contributed by atoms with E-state index in [4.69, 9.17) is 0 Å². The van der Waals surface area contributed by atoms with Crippen molar-refractivity contribution in [3.8, 4) is 0 Å². The fraction of sp³-hybridized carbons (Fsp3) is 0.500. The molecule has 0 bridgehead atoms. The molecule has 1 unspecified atom stereocenters. The molecule has 0 aliphatic heterocycles. The van der Waals surface area contributed by atoms with Gasteiger partial charge in [0.1, 0.15) is 0 Å². The van der Waals surface area contributed by atoms with Crippen molar-refractivity contribution in [3.63, 3.8) is 0 Å². The minimum absolute atomic E-state index is 0.198. The standard InChI is InChI=1S/C12H19NO/c1-10(2)13-8-12(9-14)11-6-4-3-5-7-11/h3-7,10,12-14H,8-9H2,1-2H3. The number of rotatable bonds is 5. The van der Waals surface area contributed by atoms with Crippen molar-refractivity contribution in [1.82, 2.24) is 5.32 Å². The van der Waals surface area contributed by atoms with Crippen molar-refractivity contribution in [2.75, 3.05) is 13.2 Å². The molecule has 1 aromatic rings. The summed E-state index contributed by atoms with van der Waals surface area (Å²) < 4.78 is 0. The molecule has 0 radical (unpaired) electrons. The van der Waals surface area contributed by atoms with Crippen molar-refractivity contribution >= 4 is 0 Å². The largest absolute Gasteiger partial charge is 0.396 e. The minimum atomic E-state index is 0.198. The van der Waals surface area contributed by atoms with E-state index in [1.165, 1.54) is 5.56 Å².